The first-order chi connectivity index (χ1) is 10.7. The van der Waals surface area contributed by atoms with Crippen LogP contribution >= 0.6 is 0 Å². The Hall–Kier alpha value is -1.71. The third kappa shape index (κ3) is 4.65. The second-order valence-electron chi connectivity index (χ2n) is 5.38. The fraction of sp³-hybridized carbons (Fsp3) is 0.368. The molecule has 0 amide bonds. The van der Waals surface area contributed by atoms with Gasteiger partial charge in [0.05, 0.1) is 6.04 Å². The molecule has 1 atom stereocenters. The van der Waals surface area contributed by atoms with Crippen molar-refractivity contribution in [3.8, 4) is 0 Å². The van der Waals surface area contributed by atoms with E-state index in [1.807, 2.05) is 30.3 Å². The molecule has 22 heavy (non-hydrogen) atoms. The second-order valence-corrected chi connectivity index (χ2v) is 5.38. The third-order valence-corrected chi connectivity index (χ3v) is 4.01. The highest BCUT2D eigenvalue weighted by Gasteiger charge is 2.13. The number of hydrogen-bond donors (Lipinski definition) is 1. The average Bonchev–Trinajstić information content (AvgIpc) is 2.57. The molecular formula is C19H25FN2. The quantitative estimate of drug-likeness (QED) is 0.796. The minimum absolute atomic E-state index is 0.0948. The zero-order valence-electron chi connectivity index (χ0n) is 13.4. The third-order valence-electron chi connectivity index (χ3n) is 4.01. The summed E-state index contributed by atoms with van der Waals surface area (Å²) in [4.78, 5) is 2.39. The van der Waals surface area contributed by atoms with Crippen LogP contribution in [0.15, 0.2) is 54.6 Å². The van der Waals surface area contributed by atoms with Crippen LogP contribution in [0, 0.1) is 5.82 Å². The maximum atomic E-state index is 13.2. The largest absolute Gasteiger partial charge is 0.305 e. The van der Waals surface area contributed by atoms with Crippen molar-refractivity contribution in [1.82, 2.24) is 10.2 Å². The molecule has 0 aromatic heterocycles. The van der Waals surface area contributed by atoms with Crippen LogP contribution in [-0.2, 0) is 0 Å². The Balaban J connectivity index is 2.10. The number of nitrogens with one attached hydrogen (secondary N) is 1. The lowest BCUT2D eigenvalue weighted by Gasteiger charge is -2.23. The van der Waals surface area contributed by atoms with Gasteiger partial charge in [0, 0.05) is 13.1 Å². The SMILES string of the molecule is CCN(CC)CCNC(c1ccccc1)c1ccc(F)cc1. The van der Waals surface area contributed by atoms with E-state index < -0.39 is 0 Å². The molecule has 2 rings (SSSR count). The highest BCUT2D eigenvalue weighted by molar-refractivity contribution is 5.31. The highest BCUT2D eigenvalue weighted by atomic mass is 19.1. The number of halogens is 1. The van der Waals surface area contributed by atoms with E-state index in [0.29, 0.717) is 0 Å². The standard InChI is InChI=1S/C19H25FN2/c1-3-22(4-2)15-14-21-19(16-8-6-5-7-9-16)17-10-12-18(20)13-11-17/h5-13,19,21H,3-4,14-15H2,1-2H3. The smallest absolute Gasteiger partial charge is 0.123 e. The molecule has 0 bridgehead atoms. The minimum Gasteiger partial charge on any atom is -0.305 e. The lowest BCUT2D eigenvalue weighted by molar-refractivity contribution is 0.299. The van der Waals surface area contributed by atoms with Gasteiger partial charge >= 0.3 is 0 Å². The summed E-state index contributed by atoms with van der Waals surface area (Å²) in [5, 5.41) is 3.61. The Morgan fingerprint density at radius 3 is 2.09 bits per heavy atom. The first kappa shape index (κ1) is 16.7. The molecule has 1 unspecified atom stereocenters. The van der Waals surface area contributed by atoms with Crippen LogP contribution in [0.3, 0.4) is 0 Å². The normalized spacial score (nSPS) is 12.5. The summed E-state index contributed by atoms with van der Waals surface area (Å²) in [5.41, 5.74) is 2.29. The van der Waals surface area contributed by atoms with Gasteiger partial charge in [-0.15, -0.1) is 0 Å². The molecule has 0 radical (unpaired) electrons. The summed E-state index contributed by atoms with van der Waals surface area (Å²) in [7, 11) is 0. The van der Waals surface area contributed by atoms with Gasteiger partial charge in [0.1, 0.15) is 5.82 Å². The fourth-order valence-corrected chi connectivity index (χ4v) is 2.64. The maximum Gasteiger partial charge on any atom is 0.123 e. The van der Waals surface area contributed by atoms with Crippen molar-refractivity contribution in [1.29, 1.82) is 0 Å². The summed E-state index contributed by atoms with van der Waals surface area (Å²) >= 11 is 0. The molecule has 2 aromatic rings. The van der Waals surface area contributed by atoms with Gasteiger partial charge in [0.15, 0.2) is 0 Å². The zero-order chi connectivity index (χ0) is 15.8. The monoisotopic (exact) mass is 300 g/mol. The first-order valence-corrected chi connectivity index (χ1v) is 8.00. The Bertz CT molecular complexity index is 535. The van der Waals surface area contributed by atoms with Gasteiger partial charge < -0.3 is 10.2 Å². The van der Waals surface area contributed by atoms with Crippen molar-refractivity contribution in [2.24, 2.45) is 0 Å². The molecule has 0 heterocycles. The van der Waals surface area contributed by atoms with Crippen LogP contribution in [0.1, 0.15) is 31.0 Å². The van der Waals surface area contributed by atoms with Gasteiger partial charge in [-0.1, -0.05) is 56.3 Å². The second kappa shape index (κ2) is 8.66. The molecular weight excluding hydrogens is 275 g/mol. The number of hydrogen-bond acceptors (Lipinski definition) is 2. The van der Waals surface area contributed by atoms with Crippen LogP contribution in [0.25, 0.3) is 0 Å². The van der Waals surface area contributed by atoms with Crippen LogP contribution < -0.4 is 5.32 Å². The molecule has 118 valence electrons. The molecule has 0 aliphatic rings. The van der Waals surface area contributed by atoms with Crippen molar-refractivity contribution in [3.63, 3.8) is 0 Å². The molecule has 2 aromatic carbocycles. The molecule has 0 aliphatic carbocycles. The van der Waals surface area contributed by atoms with Crippen LogP contribution in [0.2, 0.25) is 0 Å². The lowest BCUT2D eigenvalue weighted by atomic mass is 9.98. The Morgan fingerprint density at radius 2 is 1.50 bits per heavy atom. The van der Waals surface area contributed by atoms with Crippen molar-refractivity contribution < 1.29 is 4.39 Å². The van der Waals surface area contributed by atoms with Crippen LogP contribution in [0.4, 0.5) is 4.39 Å². The molecule has 3 heteroatoms. The van der Waals surface area contributed by atoms with E-state index in [0.717, 1.165) is 31.7 Å². The molecule has 0 spiro atoms. The van der Waals surface area contributed by atoms with Crippen molar-refractivity contribution in [3.05, 3.63) is 71.5 Å². The Kier molecular flexibility index (Phi) is 6.56. The van der Waals surface area contributed by atoms with E-state index >= 15 is 0 Å². The number of rotatable bonds is 8. The van der Waals surface area contributed by atoms with Gasteiger partial charge in [-0.3, -0.25) is 0 Å². The van der Waals surface area contributed by atoms with Crippen molar-refractivity contribution >= 4 is 0 Å². The topological polar surface area (TPSA) is 15.3 Å². The summed E-state index contributed by atoms with van der Waals surface area (Å²) in [5.74, 6) is -0.196. The number of likely N-dealkylation sites (N-methyl/N-ethyl adjacent to an activating group) is 1. The zero-order valence-corrected chi connectivity index (χ0v) is 13.4. The summed E-state index contributed by atoms with van der Waals surface area (Å²) in [6.07, 6.45) is 0. The molecule has 0 saturated carbocycles. The maximum absolute atomic E-state index is 13.2. The highest BCUT2D eigenvalue weighted by Crippen LogP contribution is 2.22. The van der Waals surface area contributed by atoms with E-state index in [1.165, 1.54) is 17.7 Å². The van der Waals surface area contributed by atoms with Gasteiger partial charge in [-0.2, -0.15) is 0 Å². The first-order valence-electron chi connectivity index (χ1n) is 8.00. The fourth-order valence-electron chi connectivity index (χ4n) is 2.64. The average molecular weight is 300 g/mol. The predicted molar refractivity (Wildman–Crippen MR) is 90.5 cm³/mol. The van der Waals surface area contributed by atoms with Gasteiger partial charge in [0.2, 0.25) is 0 Å². The van der Waals surface area contributed by atoms with E-state index in [-0.39, 0.29) is 11.9 Å². The van der Waals surface area contributed by atoms with Crippen molar-refractivity contribution in [2.75, 3.05) is 26.2 Å². The summed E-state index contributed by atoms with van der Waals surface area (Å²) in [6, 6.07) is 17.2. The molecule has 0 saturated heterocycles. The van der Waals surface area contributed by atoms with E-state index in [1.54, 1.807) is 0 Å². The molecule has 1 N–H and O–H groups in total. The van der Waals surface area contributed by atoms with E-state index in [2.05, 4.69) is 36.2 Å². The van der Waals surface area contributed by atoms with Crippen LogP contribution in [-0.4, -0.2) is 31.1 Å². The van der Waals surface area contributed by atoms with Gasteiger partial charge in [-0.25, -0.2) is 4.39 Å². The van der Waals surface area contributed by atoms with Gasteiger partial charge in [-0.05, 0) is 36.3 Å². The molecule has 2 nitrogen and oxygen atoms in total. The van der Waals surface area contributed by atoms with Crippen molar-refractivity contribution in [2.45, 2.75) is 19.9 Å². The Morgan fingerprint density at radius 1 is 0.909 bits per heavy atom. The summed E-state index contributed by atoms with van der Waals surface area (Å²) < 4.78 is 13.2. The molecule has 0 fully saturated rings. The van der Waals surface area contributed by atoms with E-state index in [4.69, 9.17) is 0 Å². The van der Waals surface area contributed by atoms with E-state index in [9.17, 15) is 4.39 Å². The minimum atomic E-state index is -0.196. The van der Waals surface area contributed by atoms with Gasteiger partial charge in [0.25, 0.3) is 0 Å². The lowest BCUT2D eigenvalue weighted by Crippen LogP contribution is -2.34. The molecule has 0 aliphatic heterocycles. The summed E-state index contributed by atoms with van der Waals surface area (Å²) in [6.45, 7) is 8.39. The number of nitrogens with zero attached hydrogens (tertiary/aromatic N) is 1. The Labute approximate surface area is 133 Å². The predicted octanol–water partition coefficient (Wildman–Crippen LogP) is 3.85. The van der Waals surface area contributed by atoms with Crippen LogP contribution in [0.5, 0.6) is 0 Å². The number of benzene rings is 2.